The second-order valence-corrected chi connectivity index (χ2v) is 8.91. The highest BCUT2D eigenvalue weighted by Gasteiger charge is 2.42. The van der Waals surface area contributed by atoms with E-state index in [1.165, 1.54) is 12.1 Å². The van der Waals surface area contributed by atoms with E-state index in [0.29, 0.717) is 12.8 Å². The van der Waals surface area contributed by atoms with Crippen molar-refractivity contribution in [2.75, 3.05) is 11.6 Å². The Hall–Kier alpha value is -2.63. The summed E-state index contributed by atoms with van der Waals surface area (Å²) in [4.78, 5) is 15.4. The lowest BCUT2D eigenvalue weighted by atomic mass is 9.95. The summed E-state index contributed by atoms with van der Waals surface area (Å²) in [6, 6.07) is 2.16. The standard InChI is InChI=1S/C17H19F3N4O4S/c1-29(27,28)11-7-8-12(21-9-11)24-15(22-10-5-3-2-4-6-10)13(16(25)26)14(23-24)17(18,19)20/h7-10,22H,2-6H2,1H3,(H,25,26). The van der Waals surface area contributed by atoms with Crippen molar-refractivity contribution < 1.29 is 31.5 Å². The van der Waals surface area contributed by atoms with Crippen LogP contribution in [0.5, 0.6) is 0 Å². The van der Waals surface area contributed by atoms with E-state index in [0.717, 1.165) is 36.4 Å². The Kier molecular flexibility index (Phi) is 5.57. The molecule has 3 rings (SSSR count). The first-order valence-electron chi connectivity index (χ1n) is 8.85. The summed E-state index contributed by atoms with van der Waals surface area (Å²) in [6.45, 7) is 0. The van der Waals surface area contributed by atoms with Crippen LogP contribution in [0.2, 0.25) is 0 Å². The van der Waals surface area contributed by atoms with Crippen LogP contribution in [0.25, 0.3) is 5.82 Å². The number of pyridine rings is 1. The van der Waals surface area contributed by atoms with E-state index in [1.54, 1.807) is 0 Å². The lowest BCUT2D eigenvalue weighted by molar-refractivity contribution is -0.141. The number of aromatic carboxylic acids is 1. The van der Waals surface area contributed by atoms with Crippen molar-refractivity contribution in [3.8, 4) is 5.82 Å². The maximum absolute atomic E-state index is 13.5. The second kappa shape index (κ2) is 7.65. The third kappa shape index (κ3) is 4.52. The van der Waals surface area contributed by atoms with Crippen molar-refractivity contribution in [2.24, 2.45) is 0 Å². The number of hydrogen-bond donors (Lipinski definition) is 2. The van der Waals surface area contributed by atoms with Crippen LogP contribution in [0.1, 0.15) is 48.2 Å². The van der Waals surface area contributed by atoms with Gasteiger partial charge in [-0.2, -0.15) is 23.0 Å². The number of carboxylic acid groups (broad SMARTS) is 1. The molecular weight excluding hydrogens is 413 g/mol. The van der Waals surface area contributed by atoms with Crippen LogP contribution in [0.4, 0.5) is 19.0 Å². The van der Waals surface area contributed by atoms with Crippen LogP contribution in [0, 0.1) is 0 Å². The number of nitrogens with zero attached hydrogens (tertiary/aromatic N) is 3. The Labute approximate surface area is 164 Å². The monoisotopic (exact) mass is 432 g/mol. The molecule has 0 atom stereocenters. The van der Waals surface area contributed by atoms with Crippen LogP contribution < -0.4 is 5.32 Å². The van der Waals surface area contributed by atoms with Gasteiger partial charge in [0.25, 0.3) is 0 Å². The molecule has 1 aliphatic carbocycles. The second-order valence-electron chi connectivity index (χ2n) is 6.89. The Morgan fingerprint density at radius 2 is 1.90 bits per heavy atom. The molecule has 8 nitrogen and oxygen atoms in total. The molecule has 12 heteroatoms. The maximum Gasteiger partial charge on any atom is 0.436 e. The number of halogens is 3. The van der Waals surface area contributed by atoms with Gasteiger partial charge in [-0.1, -0.05) is 19.3 Å². The lowest BCUT2D eigenvalue weighted by Crippen LogP contribution is -2.25. The Bertz CT molecular complexity index is 1010. The highest BCUT2D eigenvalue weighted by Crippen LogP contribution is 2.36. The number of alkyl halides is 3. The molecule has 0 bridgehead atoms. The third-order valence-electron chi connectivity index (χ3n) is 4.68. The summed E-state index contributed by atoms with van der Waals surface area (Å²) >= 11 is 0. The molecule has 2 N–H and O–H groups in total. The van der Waals surface area contributed by atoms with Crippen LogP contribution in [-0.2, 0) is 16.0 Å². The van der Waals surface area contributed by atoms with Gasteiger partial charge in [-0.05, 0) is 25.0 Å². The molecule has 0 unspecified atom stereocenters. The third-order valence-corrected chi connectivity index (χ3v) is 5.78. The number of nitrogens with one attached hydrogen (secondary N) is 1. The first-order chi connectivity index (χ1) is 13.5. The molecule has 0 amide bonds. The number of carboxylic acids is 1. The van der Waals surface area contributed by atoms with E-state index >= 15 is 0 Å². The summed E-state index contributed by atoms with van der Waals surface area (Å²) in [6.07, 6.45) is 1.10. The summed E-state index contributed by atoms with van der Waals surface area (Å²) in [5, 5.41) is 15.8. The largest absolute Gasteiger partial charge is 0.477 e. The molecule has 1 saturated carbocycles. The number of aromatic nitrogens is 3. The molecule has 2 heterocycles. The fourth-order valence-corrected chi connectivity index (χ4v) is 3.83. The van der Waals surface area contributed by atoms with E-state index in [1.807, 2.05) is 0 Å². The van der Waals surface area contributed by atoms with E-state index < -0.39 is 33.2 Å². The Morgan fingerprint density at radius 3 is 2.38 bits per heavy atom. The number of sulfone groups is 1. The number of carbonyl (C=O) groups is 1. The lowest BCUT2D eigenvalue weighted by Gasteiger charge is -2.24. The molecule has 0 spiro atoms. The minimum atomic E-state index is -4.99. The molecule has 0 aromatic carbocycles. The number of rotatable bonds is 5. The van der Waals surface area contributed by atoms with E-state index in [9.17, 15) is 31.5 Å². The van der Waals surface area contributed by atoms with Crippen LogP contribution in [-0.4, -0.2) is 46.6 Å². The highest BCUT2D eigenvalue weighted by molar-refractivity contribution is 7.90. The smallest absolute Gasteiger partial charge is 0.436 e. The van der Waals surface area contributed by atoms with E-state index in [4.69, 9.17) is 0 Å². The van der Waals surface area contributed by atoms with Crippen molar-refractivity contribution in [3.63, 3.8) is 0 Å². The van der Waals surface area contributed by atoms with Gasteiger partial charge < -0.3 is 10.4 Å². The van der Waals surface area contributed by atoms with Gasteiger partial charge in [-0.3, -0.25) is 0 Å². The van der Waals surface area contributed by atoms with Gasteiger partial charge in [0.15, 0.2) is 21.3 Å². The molecule has 2 aromatic rings. The van der Waals surface area contributed by atoms with Gasteiger partial charge in [0.2, 0.25) is 0 Å². The van der Waals surface area contributed by atoms with Crippen molar-refractivity contribution in [1.82, 2.24) is 14.8 Å². The van der Waals surface area contributed by atoms with Gasteiger partial charge in [0.1, 0.15) is 11.4 Å². The van der Waals surface area contributed by atoms with E-state index in [-0.39, 0.29) is 22.6 Å². The average Bonchev–Trinajstić information content (AvgIpc) is 3.02. The molecule has 1 aliphatic rings. The zero-order chi connectivity index (χ0) is 21.4. The minimum absolute atomic E-state index is 0.121. The molecular formula is C17H19F3N4O4S. The van der Waals surface area contributed by atoms with Crippen LogP contribution in [0.3, 0.4) is 0 Å². The molecule has 1 fully saturated rings. The predicted molar refractivity (Wildman–Crippen MR) is 96.9 cm³/mol. The van der Waals surface area contributed by atoms with Crippen molar-refractivity contribution in [1.29, 1.82) is 0 Å². The SMILES string of the molecule is CS(=O)(=O)c1ccc(-n2nc(C(F)(F)F)c(C(=O)O)c2NC2CCCCC2)nc1. The number of anilines is 1. The number of hydrogen-bond acceptors (Lipinski definition) is 6. The van der Waals surface area contributed by atoms with Gasteiger partial charge in [-0.15, -0.1) is 0 Å². The van der Waals surface area contributed by atoms with Gasteiger partial charge in [-0.25, -0.2) is 18.2 Å². The quantitative estimate of drug-likeness (QED) is 0.746. The summed E-state index contributed by atoms with van der Waals surface area (Å²) in [5.74, 6) is -2.22. The first kappa shape index (κ1) is 21.1. The maximum atomic E-state index is 13.5. The van der Waals surface area contributed by atoms with Crippen molar-refractivity contribution >= 4 is 21.6 Å². The fraction of sp³-hybridized carbons (Fsp3) is 0.471. The van der Waals surface area contributed by atoms with E-state index in [2.05, 4.69) is 15.4 Å². The summed E-state index contributed by atoms with van der Waals surface area (Å²) < 4.78 is 64.3. The fourth-order valence-electron chi connectivity index (χ4n) is 3.28. The summed E-state index contributed by atoms with van der Waals surface area (Å²) in [5.41, 5.74) is -2.53. The van der Waals surface area contributed by atoms with Crippen molar-refractivity contribution in [2.45, 2.75) is 49.2 Å². The highest BCUT2D eigenvalue weighted by atomic mass is 32.2. The van der Waals surface area contributed by atoms with Gasteiger partial charge in [0.05, 0.1) is 4.90 Å². The topological polar surface area (TPSA) is 114 Å². The zero-order valence-corrected chi connectivity index (χ0v) is 16.2. The Balaban J connectivity index is 2.15. The average molecular weight is 432 g/mol. The normalized spacial score (nSPS) is 16.0. The molecule has 29 heavy (non-hydrogen) atoms. The molecule has 0 aliphatic heterocycles. The molecule has 0 radical (unpaired) electrons. The molecule has 0 saturated heterocycles. The first-order valence-corrected chi connectivity index (χ1v) is 10.7. The Morgan fingerprint density at radius 1 is 1.24 bits per heavy atom. The van der Waals surface area contributed by atoms with Crippen LogP contribution >= 0.6 is 0 Å². The van der Waals surface area contributed by atoms with Gasteiger partial charge in [0, 0.05) is 18.5 Å². The molecule has 2 aromatic heterocycles. The molecule has 158 valence electrons. The van der Waals surface area contributed by atoms with Gasteiger partial charge >= 0.3 is 12.1 Å². The van der Waals surface area contributed by atoms with Crippen LogP contribution in [0.15, 0.2) is 23.2 Å². The summed E-state index contributed by atoms with van der Waals surface area (Å²) in [7, 11) is -3.56. The van der Waals surface area contributed by atoms with Crippen molar-refractivity contribution in [3.05, 3.63) is 29.6 Å². The predicted octanol–water partition coefficient (Wildman–Crippen LogP) is 3.13. The zero-order valence-electron chi connectivity index (χ0n) is 15.4. The minimum Gasteiger partial charge on any atom is -0.477 e.